The number of piperazine rings is 1. The quantitative estimate of drug-likeness (QED) is 0.286. The molecule has 3 heterocycles. The van der Waals surface area contributed by atoms with Gasteiger partial charge in [-0.15, -0.1) is 0 Å². The van der Waals surface area contributed by atoms with E-state index in [-0.39, 0.29) is 51.0 Å². The second-order valence-corrected chi connectivity index (χ2v) is 11.4. The van der Waals surface area contributed by atoms with Crippen molar-refractivity contribution in [1.82, 2.24) is 19.4 Å². The highest BCUT2D eigenvalue weighted by molar-refractivity contribution is 6.34. The van der Waals surface area contributed by atoms with Crippen molar-refractivity contribution in [3.05, 3.63) is 93.1 Å². The molecule has 1 aliphatic heterocycles. The van der Waals surface area contributed by atoms with Crippen LogP contribution in [0.2, 0.25) is 5.02 Å². The summed E-state index contributed by atoms with van der Waals surface area (Å²) in [6, 6.07) is 10.8. The Balaban J connectivity index is 1.85. The Kier molecular flexibility index (Phi) is 8.07. The van der Waals surface area contributed by atoms with Crippen LogP contribution >= 0.6 is 11.6 Å². The summed E-state index contributed by atoms with van der Waals surface area (Å²) in [6.45, 7) is 12.1. The van der Waals surface area contributed by atoms with Crippen molar-refractivity contribution in [2.45, 2.75) is 39.7 Å². The van der Waals surface area contributed by atoms with Crippen molar-refractivity contribution in [3.8, 4) is 16.9 Å². The van der Waals surface area contributed by atoms with Crippen LogP contribution in [0.3, 0.4) is 0 Å². The van der Waals surface area contributed by atoms with Crippen molar-refractivity contribution < 1.29 is 19.1 Å². The molecule has 0 unspecified atom stereocenters. The molecule has 1 atom stereocenters. The third kappa shape index (κ3) is 5.38. The topological polar surface area (TPSA) is 109 Å². The number of carbonyl (C=O) groups is 2. The zero-order valence-electron chi connectivity index (χ0n) is 24.3. The number of hydrogen-bond acceptors (Lipinski definition) is 6. The second kappa shape index (κ2) is 11.6. The van der Waals surface area contributed by atoms with Gasteiger partial charge in [-0.05, 0) is 61.2 Å². The van der Waals surface area contributed by atoms with Crippen LogP contribution in [0.25, 0.3) is 28.0 Å². The summed E-state index contributed by atoms with van der Waals surface area (Å²) in [5.74, 6) is -1.83. The van der Waals surface area contributed by atoms with Crippen LogP contribution in [-0.2, 0) is 4.79 Å². The van der Waals surface area contributed by atoms with Crippen molar-refractivity contribution >= 4 is 40.3 Å². The standard InChI is InChI=1S/C32H31ClFN5O4/c1-6-26(40)37-12-13-38(19(5)16-37)29-23-15-24(33)27(21-11-10-18(4)14-25(21)34)35-30(23)39(32(43)36-29)28-20(17(2)3)8-7-9-22(28)31(41)42/h6-11,14-15,17,19H,1,12-13,16H2,2-5H3,(H,41,42)/t19-/m0/s1. The number of aryl methyl sites for hydroxylation is 1. The fourth-order valence-corrected chi connectivity index (χ4v) is 5.83. The molecule has 1 aliphatic rings. The van der Waals surface area contributed by atoms with Gasteiger partial charge in [0.1, 0.15) is 11.6 Å². The predicted octanol–water partition coefficient (Wildman–Crippen LogP) is 5.59. The molecule has 1 amide bonds. The summed E-state index contributed by atoms with van der Waals surface area (Å²) >= 11 is 6.76. The molecule has 0 spiro atoms. The summed E-state index contributed by atoms with van der Waals surface area (Å²) in [6.07, 6.45) is 1.26. The van der Waals surface area contributed by atoms with Crippen LogP contribution in [-0.4, -0.2) is 62.1 Å². The first kappa shape index (κ1) is 29.9. The number of carbonyl (C=O) groups excluding carboxylic acids is 1. The van der Waals surface area contributed by atoms with Gasteiger partial charge in [-0.2, -0.15) is 4.98 Å². The normalized spacial score (nSPS) is 15.3. The fraction of sp³-hybridized carbons (Fsp3) is 0.281. The number of nitrogens with zero attached hydrogens (tertiary/aromatic N) is 5. The Bertz CT molecular complexity index is 1850. The van der Waals surface area contributed by atoms with Gasteiger partial charge in [0.15, 0.2) is 5.65 Å². The predicted molar refractivity (Wildman–Crippen MR) is 165 cm³/mol. The Morgan fingerprint density at radius 3 is 2.53 bits per heavy atom. The van der Waals surface area contributed by atoms with E-state index in [0.29, 0.717) is 42.0 Å². The number of amides is 1. The van der Waals surface area contributed by atoms with Gasteiger partial charge in [-0.1, -0.05) is 50.2 Å². The summed E-state index contributed by atoms with van der Waals surface area (Å²) in [4.78, 5) is 51.5. The number of para-hydroxylation sites is 1. The van der Waals surface area contributed by atoms with E-state index in [1.54, 1.807) is 42.2 Å². The molecular formula is C32H31ClFN5O4. The highest BCUT2D eigenvalue weighted by Gasteiger charge is 2.31. The number of pyridine rings is 1. The number of rotatable bonds is 6. The second-order valence-electron chi connectivity index (χ2n) is 11.0. The first-order valence-corrected chi connectivity index (χ1v) is 14.2. The van der Waals surface area contributed by atoms with Gasteiger partial charge in [-0.25, -0.2) is 23.5 Å². The van der Waals surface area contributed by atoms with E-state index in [9.17, 15) is 19.5 Å². The van der Waals surface area contributed by atoms with E-state index in [1.807, 2.05) is 25.7 Å². The average Bonchev–Trinajstić information content (AvgIpc) is 2.96. The molecule has 0 bridgehead atoms. The fourth-order valence-electron chi connectivity index (χ4n) is 5.58. The van der Waals surface area contributed by atoms with E-state index < -0.39 is 17.5 Å². The number of carboxylic acid groups (broad SMARTS) is 1. The Morgan fingerprint density at radius 1 is 1.16 bits per heavy atom. The molecule has 5 rings (SSSR count). The number of aromatic nitrogens is 3. The molecule has 4 aromatic rings. The molecule has 1 N–H and O–H groups in total. The molecule has 2 aromatic heterocycles. The lowest BCUT2D eigenvalue weighted by molar-refractivity contribution is -0.126. The number of benzene rings is 2. The minimum atomic E-state index is -1.22. The lowest BCUT2D eigenvalue weighted by Gasteiger charge is -2.40. The minimum Gasteiger partial charge on any atom is -0.478 e. The number of fused-ring (bicyclic) bond motifs is 1. The molecule has 43 heavy (non-hydrogen) atoms. The highest BCUT2D eigenvalue weighted by Crippen LogP contribution is 2.36. The maximum absolute atomic E-state index is 15.2. The van der Waals surface area contributed by atoms with E-state index >= 15 is 4.39 Å². The van der Waals surface area contributed by atoms with E-state index in [1.165, 1.54) is 22.8 Å². The third-order valence-corrected chi connectivity index (χ3v) is 8.00. The van der Waals surface area contributed by atoms with Gasteiger partial charge in [0.2, 0.25) is 5.91 Å². The van der Waals surface area contributed by atoms with Gasteiger partial charge in [0.25, 0.3) is 0 Å². The number of carboxylic acids is 1. The number of aromatic carboxylic acids is 1. The summed E-state index contributed by atoms with van der Waals surface area (Å²) in [5, 5.41) is 10.7. The molecule has 1 fully saturated rings. The van der Waals surface area contributed by atoms with Gasteiger partial charge in [-0.3, -0.25) is 4.79 Å². The molecule has 9 nitrogen and oxygen atoms in total. The maximum Gasteiger partial charge on any atom is 0.355 e. The first-order valence-electron chi connectivity index (χ1n) is 13.9. The number of halogens is 2. The largest absolute Gasteiger partial charge is 0.478 e. The molecule has 0 saturated carbocycles. The lowest BCUT2D eigenvalue weighted by atomic mass is 9.97. The van der Waals surface area contributed by atoms with Crippen LogP contribution in [0.15, 0.2) is 59.9 Å². The van der Waals surface area contributed by atoms with Gasteiger partial charge < -0.3 is 14.9 Å². The van der Waals surface area contributed by atoms with Crippen LogP contribution in [0.4, 0.5) is 10.2 Å². The molecule has 2 aromatic carbocycles. The third-order valence-electron chi connectivity index (χ3n) is 7.71. The summed E-state index contributed by atoms with van der Waals surface area (Å²) in [7, 11) is 0. The van der Waals surface area contributed by atoms with E-state index in [2.05, 4.69) is 11.6 Å². The van der Waals surface area contributed by atoms with Crippen molar-refractivity contribution in [3.63, 3.8) is 0 Å². The molecule has 0 radical (unpaired) electrons. The SMILES string of the molecule is C=CC(=O)N1CCN(c2nc(=O)n(-c3c(C(=O)O)cccc3C(C)C)c3nc(-c4ccc(C)cc4F)c(Cl)cc23)[C@@H](C)C1. The molecule has 1 saturated heterocycles. The Labute approximate surface area is 252 Å². The van der Waals surface area contributed by atoms with E-state index in [0.717, 1.165) is 0 Å². The average molecular weight is 604 g/mol. The highest BCUT2D eigenvalue weighted by atomic mass is 35.5. The minimum absolute atomic E-state index is 0.0850. The van der Waals surface area contributed by atoms with Crippen LogP contribution in [0.1, 0.15) is 48.2 Å². The zero-order chi connectivity index (χ0) is 31.2. The van der Waals surface area contributed by atoms with Gasteiger partial charge in [0, 0.05) is 31.2 Å². The van der Waals surface area contributed by atoms with Crippen molar-refractivity contribution in [2.75, 3.05) is 24.5 Å². The van der Waals surface area contributed by atoms with Crippen LogP contribution in [0.5, 0.6) is 0 Å². The van der Waals surface area contributed by atoms with Crippen molar-refractivity contribution in [1.29, 1.82) is 0 Å². The first-order chi connectivity index (χ1) is 20.4. The van der Waals surface area contributed by atoms with E-state index in [4.69, 9.17) is 16.6 Å². The summed E-state index contributed by atoms with van der Waals surface area (Å²) in [5.41, 5.74) is 0.916. The molecule has 11 heteroatoms. The monoisotopic (exact) mass is 603 g/mol. The van der Waals surface area contributed by atoms with Gasteiger partial charge >= 0.3 is 11.7 Å². The Hall–Kier alpha value is -4.57. The number of hydrogen-bond donors (Lipinski definition) is 1. The molecular weight excluding hydrogens is 573 g/mol. The van der Waals surface area contributed by atoms with Crippen LogP contribution in [0, 0.1) is 12.7 Å². The smallest absolute Gasteiger partial charge is 0.355 e. The van der Waals surface area contributed by atoms with Crippen molar-refractivity contribution in [2.24, 2.45) is 0 Å². The summed E-state index contributed by atoms with van der Waals surface area (Å²) < 4.78 is 16.4. The maximum atomic E-state index is 15.2. The zero-order valence-corrected chi connectivity index (χ0v) is 25.0. The Morgan fingerprint density at radius 2 is 1.91 bits per heavy atom. The van der Waals surface area contributed by atoms with Gasteiger partial charge in [0.05, 0.1) is 27.4 Å². The van der Waals surface area contributed by atoms with Crippen LogP contribution < -0.4 is 10.6 Å². The molecule has 222 valence electrons. The molecule has 0 aliphatic carbocycles. The lowest BCUT2D eigenvalue weighted by Crippen LogP contribution is -2.54. The number of anilines is 1.